The van der Waals surface area contributed by atoms with Crippen LogP contribution in [0.2, 0.25) is 0 Å². The number of nitrogens with zero attached hydrogens (tertiary/aromatic N) is 2. The van der Waals surface area contributed by atoms with Crippen LogP contribution in [0.15, 0.2) is 36.5 Å². The van der Waals surface area contributed by atoms with Crippen molar-refractivity contribution in [2.45, 2.75) is 25.1 Å². The highest BCUT2D eigenvalue weighted by Gasteiger charge is 2.31. The van der Waals surface area contributed by atoms with Gasteiger partial charge < -0.3 is 10.2 Å². The first-order valence-corrected chi connectivity index (χ1v) is 8.29. The third-order valence-corrected chi connectivity index (χ3v) is 4.42. The maximum Gasteiger partial charge on any atom is 0.417 e. The first kappa shape index (κ1) is 19.1. The molecule has 1 N–H and O–H groups in total. The minimum atomic E-state index is -4.44. The molecule has 0 spiro atoms. The topological polar surface area (TPSA) is 45.2 Å². The van der Waals surface area contributed by atoms with Gasteiger partial charge in [-0.05, 0) is 37.1 Å². The average Bonchev–Trinajstić information content (AvgIpc) is 2.61. The normalized spacial score (nSPS) is 15.7. The Morgan fingerprint density at radius 1 is 1.07 bits per heavy atom. The molecule has 144 valence electrons. The van der Waals surface area contributed by atoms with Crippen molar-refractivity contribution in [1.29, 1.82) is 0 Å². The Labute approximate surface area is 152 Å². The minimum absolute atomic E-state index is 0.290. The molecule has 0 atom stereocenters. The highest BCUT2D eigenvalue weighted by molar-refractivity contribution is 5.94. The molecule has 1 aliphatic rings. The summed E-state index contributed by atoms with van der Waals surface area (Å²) in [5.74, 6) is -2.28. The summed E-state index contributed by atoms with van der Waals surface area (Å²) < 4.78 is 65.1. The molecule has 1 saturated heterocycles. The van der Waals surface area contributed by atoms with Crippen LogP contribution in [-0.2, 0) is 6.18 Å². The molecule has 1 amide bonds. The van der Waals surface area contributed by atoms with E-state index in [0.717, 1.165) is 24.4 Å². The molecule has 1 aromatic carbocycles. The third kappa shape index (κ3) is 4.35. The van der Waals surface area contributed by atoms with Crippen molar-refractivity contribution in [3.63, 3.8) is 0 Å². The monoisotopic (exact) mass is 385 g/mol. The molecular formula is C18H16F5N3O. The van der Waals surface area contributed by atoms with Crippen LogP contribution >= 0.6 is 0 Å². The number of rotatable bonds is 3. The summed E-state index contributed by atoms with van der Waals surface area (Å²) >= 11 is 0. The van der Waals surface area contributed by atoms with Gasteiger partial charge in [-0.15, -0.1) is 0 Å². The van der Waals surface area contributed by atoms with Gasteiger partial charge in [0.05, 0.1) is 5.56 Å². The van der Waals surface area contributed by atoms with E-state index < -0.39 is 34.8 Å². The molecule has 3 rings (SSSR count). The van der Waals surface area contributed by atoms with Crippen LogP contribution in [-0.4, -0.2) is 30.0 Å². The maximum absolute atomic E-state index is 13.7. The Bertz CT molecular complexity index is 794. The predicted octanol–water partition coefficient (Wildman–Crippen LogP) is 3.78. The molecule has 0 unspecified atom stereocenters. The number of carbonyl (C=O) groups excluding carboxylic acids is 1. The highest BCUT2D eigenvalue weighted by atomic mass is 19.4. The molecule has 1 aliphatic heterocycles. The summed E-state index contributed by atoms with van der Waals surface area (Å²) in [4.78, 5) is 17.8. The van der Waals surface area contributed by atoms with Crippen LogP contribution in [0.25, 0.3) is 0 Å². The van der Waals surface area contributed by atoms with Gasteiger partial charge >= 0.3 is 6.18 Å². The lowest BCUT2D eigenvalue weighted by atomic mass is 10.0. The molecule has 9 heteroatoms. The molecule has 4 nitrogen and oxygen atoms in total. The van der Waals surface area contributed by atoms with Gasteiger partial charge in [0.2, 0.25) is 0 Å². The first-order valence-electron chi connectivity index (χ1n) is 8.29. The van der Waals surface area contributed by atoms with Gasteiger partial charge in [-0.1, -0.05) is 6.07 Å². The second-order valence-corrected chi connectivity index (χ2v) is 6.23. The molecule has 0 radical (unpaired) electrons. The van der Waals surface area contributed by atoms with E-state index in [4.69, 9.17) is 0 Å². The number of hydrogen-bond acceptors (Lipinski definition) is 3. The fourth-order valence-electron chi connectivity index (χ4n) is 2.97. The number of nitrogens with one attached hydrogen (secondary N) is 1. The summed E-state index contributed by atoms with van der Waals surface area (Å²) in [5, 5.41) is 2.60. The van der Waals surface area contributed by atoms with Crippen molar-refractivity contribution in [3.05, 3.63) is 59.3 Å². The molecule has 1 fully saturated rings. The van der Waals surface area contributed by atoms with Crippen LogP contribution in [0.3, 0.4) is 0 Å². The van der Waals surface area contributed by atoms with E-state index >= 15 is 0 Å². The molecule has 0 aliphatic carbocycles. The summed E-state index contributed by atoms with van der Waals surface area (Å²) in [6.07, 6.45) is -2.70. The Balaban J connectivity index is 1.58. The number of piperidine rings is 1. The second-order valence-electron chi connectivity index (χ2n) is 6.23. The van der Waals surface area contributed by atoms with Crippen molar-refractivity contribution in [3.8, 4) is 0 Å². The molecule has 2 heterocycles. The van der Waals surface area contributed by atoms with E-state index in [0.29, 0.717) is 31.7 Å². The van der Waals surface area contributed by atoms with Crippen molar-refractivity contribution in [1.82, 2.24) is 10.3 Å². The van der Waals surface area contributed by atoms with Gasteiger partial charge in [0.1, 0.15) is 23.0 Å². The maximum atomic E-state index is 13.7. The molecule has 0 saturated carbocycles. The number of amides is 1. The largest absolute Gasteiger partial charge is 0.417 e. The quantitative estimate of drug-likeness (QED) is 0.818. The number of pyridine rings is 1. The summed E-state index contributed by atoms with van der Waals surface area (Å²) in [7, 11) is 0. The van der Waals surface area contributed by atoms with Crippen molar-refractivity contribution in [2.24, 2.45) is 0 Å². The van der Waals surface area contributed by atoms with E-state index in [2.05, 4.69) is 10.3 Å². The number of anilines is 1. The zero-order chi connectivity index (χ0) is 19.6. The number of alkyl halides is 3. The minimum Gasteiger partial charge on any atom is -0.356 e. The molecular weight excluding hydrogens is 369 g/mol. The first-order chi connectivity index (χ1) is 12.8. The Kier molecular flexibility index (Phi) is 5.29. The fraction of sp³-hybridized carbons (Fsp3) is 0.333. The fourth-order valence-corrected chi connectivity index (χ4v) is 2.97. The third-order valence-electron chi connectivity index (χ3n) is 4.42. The van der Waals surface area contributed by atoms with Crippen LogP contribution in [0, 0.1) is 11.6 Å². The zero-order valence-electron chi connectivity index (χ0n) is 14.1. The average molecular weight is 385 g/mol. The van der Waals surface area contributed by atoms with Crippen LogP contribution < -0.4 is 10.2 Å². The van der Waals surface area contributed by atoms with E-state index in [-0.39, 0.29) is 6.04 Å². The molecule has 27 heavy (non-hydrogen) atoms. The standard InChI is InChI=1S/C18H16F5N3O/c19-13-2-1-3-14(20)16(13)17(27)25-12-6-8-26(9-7-12)15-5-4-11(10-24-15)18(21,22)23/h1-5,10,12H,6-9H2,(H,25,27). The Morgan fingerprint density at radius 2 is 1.70 bits per heavy atom. The van der Waals surface area contributed by atoms with Crippen molar-refractivity contribution < 1.29 is 26.7 Å². The van der Waals surface area contributed by atoms with Gasteiger partial charge in [-0.2, -0.15) is 13.2 Å². The second kappa shape index (κ2) is 7.50. The van der Waals surface area contributed by atoms with Crippen LogP contribution in [0.1, 0.15) is 28.8 Å². The van der Waals surface area contributed by atoms with E-state index in [1.165, 1.54) is 12.1 Å². The number of halogens is 5. The number of aromatic nitrogens is 1. The number of carbonyl (C=O) groups is 1. The Morgan fingerprint density at radius 3 is 2.22 bits per heavy atom. The lowest BCUT2D eigenvalue weighted by molar-refractivity contribution is -0.137. The van der Waals surface area contributed by atoms with E-state index in [1.54, 1.807) is 4.90 Å². The summed E-state index contributed by atoms with van der Waals surface area (Å²) in [5.41, 5.74) is -1.44. The van der Waals surface area contributed by atoms with Crippen LogP contribution in [0.4, 0.5) is 27.8 Å². The lowest BCUT2D eigenvalue weighted by Gasteiger charge is -2.33. The zero-order valence-corrected chi connectivity index (χ0v) is 14.1. The smallest absolute Gasteiger partial charge is 0.356 e. The van der Waals surface area contributed by atoms with E-state index in [9.17, 15) is 26.7 Å². The van der Waals surface area contributed by atoms with E-state index in [1.807, 2.05) is 0 Å². The molecule has 1 aromatic heterocycles. The van der Waals surface area contributed by atoms with Gasteiger partial charge in [-0.3, -0.25) is 4.79 Å². The van der Waals surface area contributed by atoms with Gasteiger partial charge in [0.15, 0.2) is 0 Å². The Hall–Kier alpha value is -2.71. The number of benzene rings is 1. The van der Waals surface area contributed by atoms with Gasteiger partial charge in [0.25, 0.3) is 5.91 Å². The lowest BCUT2D eigenvalue weighted by Crippen LogP contribution is -2.45. The van der Waals surface area contributed by atoms with Crippen molar-refractivity contribution in [2.75, 3.05) is 18.0 Å². The predicted molar refractivity (Wildman–Crippen MR) is 88.3 cm³/mol. The highest BCUT2D eigenvalue weighted by Crippen LogP contribution is 2.29. The number of hydrogen-bond donors (Lipinski definition) is 1. The van der Waals surface area contributed by atoms with Gasteiger partial charge in [0, 0.05) is 25.3 Å². The molecule has 2 aromatic rings. The molecule has 0 bridgehead atoms. The SMILES string of the molecule is O=C(NC1CCN(c2ccc(C(F)(F)F)cn2)CC1)c1c(F)cccc1F. The van der Waals surface area contributed by atoms with Crippen molar-refractivity contribution >= 4 is 11.7 Å². The summed E-state index contributed by atoms with van der Waals surface area (Å²) in [6.45, 7) is 0.895. The van der Waals surface area contributed by atoms with Gasteiger partial charge in [-0.25, -0.2) is 13.8 Å². The summed E-state index contributed by atoms with van der Waals surface area (Å²) in [6, 6.07) is 5.18. The van der Waals surface area contributed by atoms with Crippen LogP contribution in [0.5, 0.6) is 0 Å².